The van der Waals surface area contributed by atoms with E-state index >= 15 is 0 Å². The SMILES string of the molecule is CCC[C@H]1C[C@@H]2C(=C3CCC(=O)C=C31)CC[C@]1(C)[C@@H](C(C)=O)CC[C@@H]21. The molecule has 0 saturated heterocycles. The molecule has 0 spiro atoms. The number of fused-ring (bicyclic) bond motifs is 4. The van der Waals surface area contributed by atoms with Crippen molar-refractivity contribution < 1.29 is 9.59 Å². The summed E-state index contributed by atoms with van der Waals surface area (Å²) in [7, 11) is 0. The van der Waals surface area contributed by atoms with E-state index in [1.54, 1.807) is 18.1 Å². The van der Waals surface area contributed by atoms with Crippen LogP contribution in [0.4, 0.5) is 0 Å². The molecule has 0 unspecified atom stereocenters. The number of allylic oxidation sites excluding steroid dienone is 4. The van der Waals surface area contributed by atoms with E-state index in [-0.39, 0.29) is 11.3 Å². The van der Waals surface area contributed by atoms with Crippen molar-refractivity contribution >= 4 is 11.6 Å². The molecular weight excluding hydrogens is 308 g/mol. The summed E-state index contributed by atoms with van der Waals surface area (Å²) in [6, 6.07) is 0. The van der Waals surface area contributed by atoms with Gasteiger partial charge < -0.3 is 0 Å². The summed E-state index contributed by atoms with van der Waals surface area (Å²) in [4.78, 5) is 24.3. The third kappa shape index (κ3) is 2.59. The van der Waals surface area contributed by atoms with Crippen molar-refractivity contribution in [1.82, 2.24) is 0 Å². The third-order valence-electron chi connectivity index (χ3n) is 8.06. The highest BCUT2D eigenvalue weighted by Gasteiger charge is 2.55. The monoisotopic (exact) mass is 340 g/mol. The summed E-state index contributed by atoms with van der Waals surface area (Å²) in [5.41, 5.74) is 4.85. The molecule has 0 amide bonds. The van der Waals surface area contributed by atoms with Crippen LogP contribution in [0, 0.1) is 29.1 Å². The van der Waals surface area contributed by atoms with Gasteiger partial charge in [0.25, 0.3) is 0 Å². The Morgan fingerprint density at radius 1 is 1.24 bits per heavy atom. The summed E-state index contributed by atoms with van der Waals surface area (Å²) < 4.78 is 0. The predicted octanol–water partition coefficient (Wildman–Crippen LogP) is 5.42. The van der Waals surface area contributed by atoms with E-state index in [1.165, 1.54) is 31.3 Å². The zero-order valence-corrected chi connectivity index (χ0v) is 16.1. The molecule has 0 aromatic carbocycles. The summed E-state index contributed by atoms with van der Waals surface area (Å²) >= 11 is 0. The first-order valence-corrected chi connectivity index (χ1v) is 10.4. The molecule has 0 bridgehead atoms. The Balaban J connectivity index is 1.74. The maximum Gasteiger partial charge on any atom is 0.156 e. The first-order chi connectivity index (χ1) is 12.0. The Labute approximate surface area is 152 Å². The van der Waals surface area contributed by atoms with Crippen molar-refractivity contribution in [3.63, 3.8) is 0 Å². The van der Waals surface area contributed by atoms with Crippen LogP contribution in [0.5, 0.6) is 0 Å². The fourth-order valence-corrected chi connectivity index (χ4v) is 6.96. The van der Waals surface area contributed by atoms with Gasteiger partial charge in [0, 0.05) is 12.3 Å². The molecule has 136 valence electrons. The standard InChI is InChI=1S/C23H32O2/c1-4-5-15-12-20-18(17-7-6-16(25)13-19(15)17)10-11-23(3)21(14(2)24)8-9-22(20)23/h13,15,20-22H,4-12H2,1-3H3/t15-,20+,21+,22-,23+/m0/s1. The van der Waals surface area contributed by atoms with E-state index in [0.717, 1.165) is 25.7 Å². The third-order valence-corrected chi connectivity index (χ3v) is 8.06. The molecule has 2 heteroatoms. The van der Waals surface area contributed by atoms with Crippen LogP contribution in [0.3, 0.4) is 0 Å². The maximum absolute atomic E-state index is 12.2. The Kier molecular flexibility index (Phi) is 4.29. The number of ketones is 2. The normalized spacial score (nSPS) is 40.3. The largest absolute Gasteiger partial charge is 0.300 e. The highest BCUT2D eigenvalue weighted by atomic mass is 16.1. The maximum atomic E-state index is 12.2. The highest BCUT2D eigenvalue weighted by Crippen LogP contribution is 2.63. The number of carbonyl (C=O) groups is 2. The molecule has 5 atom stereocenters. The second-order valence-electron chi connectivity index (χ2n) is 9.25. The van der Waals surface area contributed by atoms with Crippen molar-refractivity contribution in [2.45, 2.75) is 78.6 Å². The van der Waals surface area contributed by atoms with Gasteiger partial charge in [0.15, 0.2) is 5.78 Å². The summed E-state index contributed by atoms with van der Waals surface area (Å²) in [6.07, 6.45) is 11.9. The molecule has 2 saturated carbocycles. The van der Waals surface area contributed by atoms with Crippen LogP contribution < -0.4 is 0 Å². The number of hydrogen-bond acceptors (Lipinski definition) is 2. The van der Waals surface area contributed by atoms with Gasteiger partial charge in [-0.05, 0) is 92.3 Å². The quantitative estimate of drug-likeness (QED) is 0.687. The van der Waals surface area contributed by atoms with E-state index in [9.17, 15) is 9.59 Å². The van der Waals surface area contributed by atoms with Gasteiger partial charge in [-0.2, -0.15) is 0 Å². The van der Waals surface area contributed by atoms with Crippen molar-refractivity contribution in [1.29, 1.82) is 0 Å². The average molecular weight is 341 g/mol. The van der Waals surface area contributed by atoms with Gasteiger partial charge in [-0.25, -0.2) is 0 Å². The Morgan fingerprint density at radius 2 is 2.04 bits per heavy atom. The fourth-order valence-electron chi connectivity index (χ4n) is 6.96. The molecule has 0 heterocycles. The minimum Gasteiger partial charge on any atom is -0.300 e. The van der Waals surface area contributed by atoms with Gasteiger partial charge in [-0.1, -0.05) is 25.8 Å². The molecule has 4 rings (SSSR count). The summed E-state index contributed by atoms with van der Waals surface area (Å²) in [6.45, 7) is 6.47. The second kappa shape index (κ2) is 6.21. The molecule has 0 aliphatic heterocycles. The molecule has 2 fully saturated rings. The predicted molar refractivity (Wildman–Crippen MR) is 100 cm³/mol. The minimum atomic E-state index is 0.211. The lowest BCUT2D eigenvalue weighted by Gasteiger charge is -2.50. The first-order valence-electron chi connectivity index (χ1n) is 10.4. The lowest BCUT2D eigenvalue weighted by atomic mass is 9.54. The van der Waals surface area contributed by atoms with Gasteiger partial charge in [0.05, 0.1) is 0 Å². The van der Waals surface area contributed by atoms with Crippen molar-refractivity contribution in [2.75, 3.05) is 0 Å². The van der Waals surface area contributed by atoms with E-state index in [0.29, 0.717) is 35.7 Å². The van der Waals surface area contributed by atoms with Crippen molar-refractivity contribution in [2.24, 2.45) is 29.1 Å². The van der Waals surface area contributed by atoms with Crippen LogP contribution in [-0.2, 0) is 9.59 Å². The zero-order valence-electron chi connectivity index (χ0n) is 16.1. The zero-order chi connectivity index (χ0) is 17.8. The van der Waals surface area contributed by atoms with Crippen molar-refractivity contribution in [3.8, 4) is 0 Å². The van der Waals surface area contributed by atoms with Gasteiger partial charge in [0.2, 0.25) is 0 Å². The van der Waals surface area contributed by atoms with E-state index in [1.807, 2.05) is 6.08 Å². The molecule has 0 aromatic heterocycles. The van der Waals surface area contributed by atoms with Gasteiger partial charge in [-0.3, -0.25) is 9.59 Å². The van der Waals surface area contributed by atoms with Crippen molar-refractivity contribution in [3.05, 3.63) is 22.8 Å². The number of Topliss-reactive ketones (excluding diaryl/α,β-unsaturated/α-hetero) is 1. The van der Waals surface area contributed by atoms with Crippen LogP contribution in [0.25, 0.3) is 0 Å². The van der Waals surface area contributed by atoms with Crippen LogP contribution >= 0.6 is 0 Å². The second-order valence-corrected chi connectivity index (χ2v) is 9.25. The molecule has 2 nitrogen and oxygen atoms in total. The Hall–Kier alpha value is -1.18. The Bertz CT molecular complexity index is 668. The molecule has 0 aromatic rings. The van der Waals surface area contributed by atoms with E-state index in [4.69, 9.17) is 0 Å². The van der Waals surface area contributed by atoms with Gasteiger partial charge in [0.1, 0.15) is 5.78 Å². The molecule has 4 aliphatic rings. The van der Waals surface area contributed by atoms with Gasteiger partial charge >= 0.3 is 0 Å². The molecule has 25 heavy (non-hydrogen) atoms. The lowest BCUT2D eigenvalue weighted by molar-refractivity contribution is -0.125. The fraction of sp³-hybridized carbons (Fsp3) is 0.739. The molecule has 0 radical (unpaired) electrons. The van der Waals surface area contributed by atoms with Gasteiger partial charge in [-0.15, -0.1) is 0 Å². The van der Waals surface area contributed by atoms with Crippen LogP contribution in [0.2, 0.25) is 0 Å². The molecule has 0 N–H and O–H groups in total. The molecular formula is C23H32O2. The van der Waals surface area contributed by atoms with Crippen LogP contribution in [0.1, 0.15) is 78.6 Å². The molecule has 4 aliphatic carbocycles. The van der Waals surface area contributed by atoms with E-state index < -0.39 is 0 Å². The van der Waals surface area contributed by atoms with Crippen LogP contribution in [0.15, 0.2) is 22.8 Å². The number of rotatable bonds is 3. The smallest absolute Gasteiger partial charge is 0.156 e. The first kappa shape index (κ1) is 17.2. The number of hydrogen-bond donors (Lipinski definition) is 0. The average Bonchev–Trinajstić information content (AvgIpc) is 2.93. The van der Waals surface area contributed by atoms with E-state index in [2.05, 4.69) is 13.8 Å². The Morgan fingerprint density at radius 3 is 2.76 bits per heavy atom. The topological polar surface area (TPSA) is 34.1 Å². The summed E-state index contributed by atoms with van der Waals surface area (Å²) in [5, 5.41) is 0. The lowest BCUT2D eigenvalue weighted by Crippen LogP contribution is -2.43. The summed E-state index contributed by atoms with van der Waals surface area (Å²) in [5.74, 6) is 2.93. The number of carbonyl (C=O) groups excluding carboxylic acids is 2. The minimum absolute atomic E-state index is 0.211. The van der Waals surface area contributed by atoms with Crippen LogP contribution in [-0.4, -0.2) is 11.6 Å². The highest BCUT2D eigenvalue weighted by molar-refractivity contribution is 5.93.